The summed E-state index contributed by atoms with van der Waals surface area (Å²) in [4.78, 5) is 33.8. The molecule has 0 radical (unpaired) electrons. The number of hydrogen-bond acceptors (Lipinski definition) is 7. The number of nitrogens with one attached hydrogen (secondary N) is 1. The lowest BCUT2D eigenvalue weighted by Gasteiger charge is -2.15. The van der Waals surface area contributed by atoms with Gasteiger partial charge in [-0.2, -0.15) is 28.5 Å². The van der Waals surface area contributed by atoms with Crippen LogP contribution in [-0.2, 0) is 6.18 Å². The molecular weight excluding hydrogens is 515 g/mol. The van der Waals surface area contributed by atoms with Crippen molar-refractivity contribution in [2.24, 2.45) is 5.73 Å². The van der Waals surface area contributed by atoms with Crippen LogP contribution in [0.3, 0.4) is 0 Å². The van der Waals surface area contributed by atoms with Crippen molar-refractivity contribution in [2.75, 3.05) is 5.32 Å². The van der Waals surface area contributed by atoms with Gasteiger partial charge in [0.15, 0.2) is 11.5 Å². The first-order valence-corrected chi connectivity index (χ1v) is 10.7. The number of anilines is 1. The van der Waals surface area contributed by atoms with Gasteiger partial charge in [-0.3, -0.25) is 14.6 Å². The summed E-state index contributed by atoms with van der Waals surface area (Å²) in [7, 11) is 0. The highest BCUT2D eigenvalue weighted by Gasteiger charge is 2.41. The lowest BCUT2D eigenvalue weighted by molar-refractivity contribution is -0.143. The minimum absolute atomic E-state index is 0.0328. The highest BCUT2D eigenvalue weighted by molar-refractivity contribution is 6.32. The molecule has 0 saturated heterocycles. The molecule has 0 bridgehead atoms. The van der Waals surface area contributed by atoms with Crippen LogP contribution < -0.4 is 11.1 Å². The number of rotatable bonds is 5. The molecule has 4 heterocycles. The molecule has 5 rings (SSSR count). The molecule has 0 fully saturated rings. The van der Waals surface area contributed by atoms with Gasteiger partial charge in [0.1, 0.15) is 5.69 Å². The summed E-state index contributed by atoms with van der Waals surface area (Å²) in [5.41, 5.74) is 3.17. The number of aromatic nitrogens is 7. The first-order valence-electron chi connectivity index (χ1n) is 10.3. The van der Waals surface area contributed by atoms with Crippen LogP contribution >= 0.6 is 11.6 Å². The summed E-state index contributed by atoms with van der Waals surface area (Å²) in [6.07, 6.45) is 1.08. The fourth-order valence-electron chi connectivity index (χ4n) is 3.71. The van der Waals surface area contributed by atoms with Crippen LogP contribution in [0.2, 0.25) is 5.02 Å². The molecule has 1 aromatic carbocycles. The van der Waals surface area contributed by atoms with Gasteiger partial charge in [0, 0.05) is 17.0 Å². The number of nitrogens with zero attached hydrogens (tertiary/aromatic N) is 7. The van der Waals surface area contributed by atoms with Gasteiger partial charge >= 0.3 is 6.18 Å². The van der Waals surface area contributed by atoms with Gasteiger partial charge in [-0.1, -0.05) is 23.7 Å². The van der Waals surface area contributed by atoms with Crippen LogP contribution in [0.25, 0.3) is 22.3 Å². The van der Waals surface area contributed by atoms with Crippen molar-refractivity contribution in [3.05, 3.63) is 83.3 Å². The fraction of sp³-hybridized carbons (Fsp3) is 0.0455. The molecule has 0 aliphatic rings. The Balaban J connectivity index is 1.56. The summed E-state index contributed by atoms with van der Waals surface area (Å²) in [6.45, 7) is 0. The lowest BCUT2D eigenvalue weighted by Crippen LogP contribution is -2.21. The lowest BCUT2D eigenvalue weighted by atomic mass is 10.1. The molecule has 0 aliphatic carbocycles. The average molecular weight is 528 g/mol. The summed E-state index contributed by atoms with van der Waals surface area (Å²) < 4.78 is 43.3. The molecule has 0 spiro atoms. The number of halogens is 4. The molecular formula is C22H13ClF3N9O2. The number of carbonyl (C=O) groups is 2. The normalized spacial score (nSPS) is 11.6. The van der Waals surface area contributed by atoms with Gasteiger partial charge < -0.3 is 11.1 Å². The van der Waals surface area contributed by atoms with Gasteiger partial charge in [0.05, 0.1) is 46.7 Å². The van der Waals surface area contributed by atoms with E-state index < -0.39 is 29.2 Å². The zero-order chi connectivity index (χ0) is 26.3. The average Bonchev–Trinajstić information content (AvgIpc) is 3.54. The number of alkyl halides is 3. The molecule has 0 aliphatic heterocycles. The van der Waals surface area contributed by atoms with Crippen molar-refractivity contribution < 1.29 is 22.8 Å². The summed E-state index contributed by atoms with van der Waals surface area (Å²) in [5.74, 6) is -1.78. The van der Waals surface area contributed by atoms with E-state index >= 15 is 0 Å². The maximum absolute atomic E-state index is 14.2. The molecule has 0 atom stereocenters. The van der Waals surface area contributed by atoms with Crippen LogP contribution in [0.4, 0.5) is 18.9 Å². The number of amides is 2. The molecule has 0 unspecified atom stereocenters. The van der Waals surface area contributed by atoms with Crippen LogP contribution in [0.1, 0.15) is 26.5 Å². The minimum Gasteiger partial charge on any atom is -0.364 e. The summed E-state index contributed by atoms with van der Waals surface area (Å²) in [6, 6.07) is 7.00. The van der Waals surface area contributed by atoms with Crippen LogP contribution in [0.5, 0.6) is 0 Å². The van der Waals surface area contributed by atoms with Crippen molar-refractivity contribution in [3.8, 4) is 11.5 Å². The molecule has 4 aromatic heterocycles. The van der Waals surface area contributed by atoms with Gasteiger partial charge in [-0.05, 0) is 18.2 Å². The van der Waals surface area contributed by atoms with Crippen molar-refractivity contribution in [1.29, 1.82) is 0 Å². The molecule has 3 N–H and O–H groups in total. The number of primary amides is 1. The SMILES string of the molecule is NC(=O)c1nccc2c(-n3ncc(C(=O)Nc4cnc(-n5nccn5)c(Cl)c4)c3C(F)(F)F)cccc12. The highest BCUT2D eigenvalue weighted by Crippen LogP contribution is 2.36. The van der Waals surface area contributed by atoms with E-state index in [9.17, 15) is 22.8 Å². The minimum atomic E-state index is -4.98. The third-order valence-corrected chi connectivity index (χ3v) is 5.49. The second kappa shape index (κ2) is 8.98. The number of hydrogen-bond donors (Lipinski definition) is 2. The first kappa shape index (κ1) is 23.9. The predicted molar refractivity (Wildman–Crippen MR) is 125 cm³/mol. The van der Waals surface area contributed by atoms with E-state index in [1.165, 1.54) is 55.1 Å². The standard InChI is InChI=1S/C22H13ClF3N9O2/c23-15-8-11(9-29-20(15)35-30-6-7-31-35)33-21(37)14-10-32-34(18(14)22(24,25)26)16-3-1-2-13-12(16)4-5-28-17(13)19(27)36/h1-10H,(H2,27,36)(H,33,37). The largest absolute Gasteiger partial charge is 0.434 e. The molecule has 2 amide bonds. The third kappa shape index (κ3) is 4.33. The van der Waals surface area contributed by atoms with Crippen molar-refractivity contribution >= 4 is 39.9 Å². The zero-order valence-electron chi connectivity index (χ0n) is 18.3. The van der Waals surface area contributed by atoms with E-state index in [2.05, 4.69) is 30.6 Å². The fourth-order valence-corrected chi connectivity index (χ4v) is 3.95. The Morgan fingerprint density at radius 2 is 1.73 bits per heavy atom. The van der Waals surface area contributed by atoms with E-state index in [0.717, 1.165) is 11.0 Å². The van der Waals surface area contributed by atoms with Crippen molar-refractivity contribution in [2.45, 2.75) is 6.18 Å². The second-order valence-corrected chi connectivity index (χ2v) is 7.92. The van der Waals surface area contributed by atoms with E-state index in [4.69, 9.17) is 17.3 Å². The van der Waals surface area contributed by atoms with Gasteiger partial charge in [0.25, 0.3) is 11.8 Å². The van der Waals surface area contributed by atoms with Gasteiger partial charge in [-0.25, -0.2) is 9.67 Å². The second-order valence-electron chi connectivity index (χ2n) is 7.51. The van der Waals surface area contributed by atoms with Crippen LogP contribution in [0.15, 0.2) is 61.3 Å². The summed E-state index contributed by atoms with van der Waals surface area (Å²) >= 11 is 6.18. The number of nitrogens with two attached hydrogens (primary N) is 1. The maximum Gasteiger partial charge on any atom is 0.434 e. The van der Waals surface area contributed by atoms with Gasteiger partial charge in [-0.15, -0.1) is 4.80 Å². The smallest absolute Gasteiger partial charge is 0.364 e. The van der Waals surface area contributed by atoms with Gasteiger partial charge in [0.2, 0.25) is 0 Å². The topological polar surface area (TPSA) is 146 Å². The monoisotopic (exact) mass is 527 g/mol. The molecule has 37 heavy (non-hydrogen) atoms. The number of pyridine rings is 2. The first-order chi connectivity index (χ1) is 17.6. The van der Waals surface area contributed by atoms with E-state index in [0.29, 0.717) is 4.68 Å². The molecule has 0 saturated carbocycles. The zero-order valence-corrected chi connectivity index (χ0v) is 19.1. The summed E-state index contributed by atoms with van der Waals surface area (Å²) in [5, 5.41) is 14.5. The molecule has 11 nitrogen and oxygen atoms in total. The Morgan fingerprint density at radius 1 is 0.973 bits per heavy atom. The van der Waals surface area contributed by atoms with E-state index in [1.807, 2.05) is 0 Å². The van der Waals surface area contributed by atoms with E-state index in [-0.39, 0.29) is 38.7 Å². The molecule has 186 valence electrons. The predicted octanol–water partition coefficient (Wildman–Crippen LogP) is 3.42. The third-order valence-electron chi connectivity index (χ3n) is 5.21. The van der Waals surface area contributed by atoms with E-state index in [1.54, 1.807) is 0 Å². The maximum atomic E-state index is 14.2. The quantitative estimate of drug-likeness (QED) is 0.356. The number of carbonyl (C=O) groups excluding carboxylic acids is 2. The Morgan fingerprint density at radius 3 is 2.41 bits per heavy atom. The highest BCUT2D eigenvalue weighted by atomic mass is 35.5. The Kier molecular flexibility index (Phi) is 5.79. The Labute approximate surface area is 209 Å². The van der Waals surface area contributed by atoms with Crippen LogP contribution in [-0.4, -0.2) is 46.6 Å². The van der Waals surface area contributed by atoms with Crippen molar-refractivity contribution in [1.82, 2.24) is 34.7 Å². The molecule has 5 aromatic rings. The molecule has 15 heteroatoms. The van der Waals surface area contributed by atoms with Crippen LogP contribution in [0, 0.1) is 0 Å². The Bertz CT molecular complexity index is 1670. The Hall–Kier alpha value is -4.85. The van der Waals surface area contributed by atoms with Crippen molar-refractivity contribution in [3.63, 3.8) is 0 Å². The number of benzene rings is 1. The number of fused-ring (bicyclic) bond motifs is 1.